The summed E-state index contributed by atoms with van der Waals surface area (Å²) in [6, 6.07) is 20.2. The van der Waals surface area contributed by atoms with Gasteiger partial charge in [-0.2, -0.15) is 5.10 Å². The van der Waals surface area contributed by atoms with E-state index in [-0.39, 0.29) is 5.91 Å². The van der Waals surface area contributed by atoms with Crippen LogP contribution in [0, 0.1) is 0 Å². The van der Waals surface area contributed by atoms with Crippen molar-refractivity contribution < 1.29 is 23.8 Å². The number of amides is 1. The van der Waals surface area contributed by atoms with Crippen molar-refractivity contribution in [2.24, 2.45) is 5.10 Å². The molecule has 0 spiro atoms. The minimum absolute atomic E-state index is 0.345. The molecule has 0 heterocycles. The summed E-state index contributed by atoms with van der Waals surface area (Å²) in [7, 11) is 0. The summed E-state index contributed by atoms with van der Waals surface area (Å²) in [6.45, 7) is 6.44. The molecule has 33 heavy (non-hydrogen) atoms. The van der Waals surface area contributed by atoms with E-state index in [1.807, 2.05) is 6.92 Å². The molecule has 168 valence electrons. The van der Waals surface area contributed by atoms with Crippen LogP contribution in [0.15, 0.2) is 90.6 Å². The van der Waals surface area contributed by atoms with Gasteiger partial charge in [-0.05, 0) is 85.3 Å². The summed E-state index contributed by atoms with van der Waals surface area (Å²) in [5.41, 5.74) is 4.07. The molecule has 1 N–H and O–H groups in total. The van der Waals surface area contributed by atoms with E-state index in [0.717, 1.165) is 5.56 Å². The Balaban J connectivity index is 1.50. The van der Waals surface area contributed by atoms with Crippen LogP contribution in [0.1, 0.15) is 33.2 Å². The zero-order valence-corrected chi connectivity index (χ0v) is 18.2. The lowest BCUT2D eigenvalue weighted by molar-refractivity contribution is 0.0734. The first-order chi connectivity index (χ1) is 16.1. The average Bonchev–Trinajstić information content (AvgIpc) is 2.84. The van der Waals surface area contributed by atoms with Gasteiger partial charge in [0.2, 0.25) is 0 Å². The lowest BCUT2D eigenvalue weighted by Gasteiger charge is -2.06. The Morgan fingerprint density at radius 3 is 2.03 bits per heavy atom. The highest BCUT2D eigenvalue weighted by Gasteiger charge is 2.09. The molecule has 7 heteroatoms. The minimum Gasteiger partial charge on any atom is -0.494 e. The van der Waals surface area contributed by atoms with E-state index in [0.29, 0.717) is 41.6 Å². The monoisotopic (exact) mass is 444 g/mol. The van der Waals surface area contributed by atoms with Gasteiger partial charge in [0.25, 0.3) is 5.91 Å². The number of carbonyl (C=O) groups excluding carboxylic acids is 2. The Labute approximate surface area is 192 Å². The van der Waals surface area contributed by atoms with Crippen LogP contribution < -0.4 is 19.6 Å². The summed E-state index contributed by atoms with van der Waals surface area (Å²) in [4.78, 5) is 24.5. The molecule has 0 aliphatic carbocycles. The molecule has 7 nitrogen and oxygen atoms in total. The Hall–Kier alpha value is -4.39. The number of hydrazone groups is 1. The normalized spacial score (nSPS) is 10.5. The molecular formula is C26H24N2O5. The van der Waals surface area contributed by atoms with Crippen LogP contribution in [0.3, 0.4) is 0 Å². The molecule has 0 unspecified atom stereocenters. The van der Waals surface area contributed by atoms with Crippen molar-refractivity contribution in [2.75, 3.05) is 13.2 Å². The van der Waals surface area contributed by atoms with Crippen LogP contribution >= 0.6 is 0 Å². The number of hydrogen-bond acceptors (Lipinski definition) is 6. The zero-order chi connectivity index (χ0) is 23.5. The van der Waals surface area contributed by atoms with Crippen LogP contribution in [-0.2, 0) is 0 Å². The minimum atomic E-state index is -0.465. The summed E-state index contributed by atoms with van der Waals surface area (Å²) in [6.07, 6.45) is 3.14. The van der Waals surface area contributed by atoms with E-state index >= 15 is 0 Å². The maximum atomic E-state index is 12.3. The van der Waals surface area contributed by atoms with Crippen molar-refractivity contribution in [3.8, 4) is 17.2 Å². The molecular weight excluding hydrogens is 420 g/mol. The van der Waals surface area contributed by atoms with E-state index in [9.17, 15) is 9.59 Å². The molecule has 3 aromatic carbocycles. The number of esters is 1. The van der Waals surface area contributed by atoms with Crippen molar-refractivity contribution >= 4 is 18.1 Å². The molecule has 0 aliphatic heterocycles. The predicted molar refractivity (Wildman–Crippen MR) is 126 cm³/mol. The molecule has 0 saturated carbocycles. The molecule has 3 rings (SSSR count). The number of nitrogens with one attached hydrogen (secondary N) is 1. The van der Waals surface area contributed by atoms with Gasteiger partial charge >= 0.3 is 5.97 Å². The van der Waals surface area contributed by atoms with E-state index < -0.39 is 5.97 Å². The number of rotatable bonds is 10. The van der Waals surface area contributed by atoms with Crippen molar-refractivity contribution in [3.63, 3.8) is 0 Å². The lowest BCUT2D eigenvalue weighted by atomic mass is 10.2. The van der Waals surface area contributed by atoms with Crippen molar-refractivity contribution in [1.29, 1.82) is 0 Å². The third kappa shape index (κ3) is 7.07. The van der Waals surface area contributed by atoms with Crippen LogP contribution in [0.2, 0.25) is 0 Å². The topological polar surface area (TPSA) is 86.2 Å². The highest BCUT2D eigenvalue weighted by Crippen LogP contribution is 2.16. The molecule has 0 saturated heterocycles. The van der Waals surface area contributed by atoms with Crippen LogP contribution in [-0.4, -0.2) is 31.3 Å². The maximum Gasteiger partial charge on any atom is 0.343 e. The number of benzene rings is 3. The van der Waals surface area contributed by atoms with E-state index in [4.69, 9.17) is 14.2 Å². The van der Waals surface area contributed by atoms with Crippen molar-refractivity contribution in [1.82, 2.24) is 5.43 Å². The predicted octanol–water partition coefficient (Wildman–Crippen LogP) is 4.63. The van der Waals surface area contributed by atoms with E-state index in [2.05, 4.69) is 17.1 Å². The summed E-state index contributed by atoms with van der Waals surface area (Å²) < 4.78 is 16.1. The summed E-state index contributed by atoms with van der Waals surface area (Å²) in [5, 5.41) is 3.96. The molecule has 0 atom stereocenters. The molecule has 0 bridgehead atoms. The van der Waals surface area contributed by atoms with E-state index in [1.54, 1.807) is 78.9 Å². The number of nitrogens with zero attached hydrogens (tertiary/aromatic N) is 1. The maximum absolute atomic E-state index is 12.3. The van der Waals surface area contributed by atoms with Gasteiger partial charge in [0.15, 0.2) is 0 Å². The smallest absolute Gasteiger partial charge is 0.343 e. The quantitative estimate of drug-likeness (QED) is 0.162. The SMILES string of the molecule is C=CCOc1ccc(C(=O)N/N=C\c2ccc(OC(=O)c3ccc(OCC)cc3)cc2)cc1. The van der Waals surface area contributed by atoms with Gasteiger partial charge in [0, 0.05) is 5.56 Å². The first-order valence-electron chi connectivity index (χ1n) is 10.3. The van der Waals surface area contributed by atoms with Gasteiger partial charge in [0.05, 0.1) is 18.4 Å². The van der Waals surface area contributed by atoms with Crippen molar-refractivity contribution in [3.05, 3.63) is 102 Å². The summed E-state index contributed by atoms with van der Waals surface area (Å²) >= 11 is 0. The molecule has 1 amide bonds. The fourth-order valence-electron chi connectivity index (χ4n) is 2.73. The fraction of sp³-hybridized carbons (Fsp3) is 0.115. The zero-order valence-electron chi connectivity index (χ0n) is 18.2. The van der Waals surface area contributed by atoms with E-state index in [1.165, 1.54) is 6.21 Å². The number of hydrogen-bond donors (Lipinski definition) is 1. The molecule has 0 aromatic heterocycles. The second-order valence-corrected chi connectivity index (χ2v) is 6.74. The second kappa shape index (κ2) is 11.9. The van der Waals surface area contributed by atoms with Crippen molar-refractivity contribution in [2.45, 2.75) is 6.92 Å². The molecule has 3 aromatic rings. The first-order valence-corrected chi connectivity index (χ1v) is 10.3. The molecule has 0 aliphatic rings. The van der Waals surface area contributed by atoms with Crippen LogP contribution in [0.5, 0.6) is 17.2 Å². The third-order valence-corrected chi connectivity index (χ3v) is 4.36. The van der Waals surface area contributed by atoms with Gasteiger partial charge in [-0.3, -0.25) is 4.79 Å². The highest BCUT2D eigenvalue weighted by molar-refractivity contribution is 5.95. The first kappa shape index (κ1) is 23.3. The Morgan fingerprint density at radius 1 is 0.848 bits per heavy atom. The van der Waals surface area contributed by atoms with Gasteiger partial charge in [0.1, 0.15) is 23.9 Å². The summed E-state index contributed by atoms with van der Waals surface area (Å²) in [5.74, 6) is 0.932. The van der Waals surface area contributed by atoms with Crippen LogP contribution in [0.4, 0.5) is 0 Å². The molecule has 0 radical (unpaired) electrons. The second-order valence-electron chi connectivity index (χ2n) is 6.74. The third-order valence-electron chi connectivity index (χ3n) is 4.36. The van der Waals surface area contributed by atoms with Gasteiger partial charge in [-0.1, -0.05) is 12.7 Å². The average molecular weight is 444 g/mol. The van der Waals surface area contributed by atoms with Crippen LogP contribution in [0.25, 0.3) is 0 Å². The fourth-order valence-corrected chi connectivity index (χ4v) is 2.73. The van der Waals surface area contributed by atoms with Gasteiger partial charge < -0.3 is 14.2 Å². The standard InChI is InChI=1S/C26H24N2O5/c1-3-17-32-23-13-7-20(8-14-23)25(29)28-27-18-19-5-11-24(12-6-19)33-26(30)21-9-15-22(16-10-21)31-4-2/h3,5-16,18H,1,4,17H2,2H3,(H,28,29)/b27-18-. The molecule has 0 fully saturated rings. The number of ether oxygens (including phenoxy) is 3. The van der Waals surface area contributed by atoms with Gasteiger partial charge in [-0.25, -0.2) is 10.2 Å². The Morgan fingerprint density at radius 2 is 1.42 bits per heavy atom. The Bertz CT molecular complexity index is 1100. The largest absolute Gasteiger partial charge is 0.494 e. The number of carbonyl (C=O) groups is 2. The highest BCUT2D eigenvalue weighted by atomic mass is 16.5. The Kier molecular flexibility index (Phi) is 8.36. The van der Waals surface area contributed by atoms with Gasteiger partial charge in [-0.15, -0.1) is 0 Å². The lowest BCUT2D eigenvalue weighted by Crippen LogP contribution is -2.17.